The number of halogens is 5. The number of carbonyl (C=O) groups excluding carboxylic acids is 1. The number of nitrogens with zero attached hydrogens (tertiary/aromatic N) is 2. The van der Waals surface area contributed by atoms with Crippen molar-refractivity contribution in [2.45, 2.75) is 57.5 Å². The van der Waals surface area contributed by atoms with E-state index in [-0.39, 0.29) is 17.9 Å². The second kappa shape index (κ2) is 11.1. The van der Waals surface area contributed by atoms with Crippen molar-refractivity contribution in [2.24, 2.45) is 0 Å². The fraction of sp³-hybridized carbons (Fsp3) is 0.417. The molecule has 1 saturated heterocycles. The van der Waals surface area contributed by atoms with Crippen molar-refractivity contribution in [3.63, 3.8) is 0 Å². The maximum atomic E-state index is 12.8. The van der Waals surface area contributed by atoms with Crippen molar-refractivity contribution in [1.82, 2.24) is 14.9 Å². The first kappa shape index (κ1) is 25.6. The van der Waals surface area contributed by atoms with Gasteiger partial charge in [-0.15, -0.1) is 0 Å². The molecule has 188 valence electrons. The van der Waals surface area contributed by atoms with Gasteiger partial charge in [-0.1, -0.05) is 35.7 Å². The molecule has 2 heterocycles. The van der Waals surface area contributed by atoms with Crippen LogP contribution in [0.15, 0.2) is 36.4 Å². The van der Waals surface area contributed by atoms with E-state index in [1.54, 1.807) is 24.3 Å². The molecule has 2 aromatic carbocycles. The topological polar surface area (TPSA) is 65.4 Å². The fourth-order valence-electron chi connectivity index (χ4n) is 4.17. The molecular weight excluding hydrogens is 506 g/mol. The molecule has 4 rings (SSSR count). The Morgan fingerprint density at radius 2 is 2.00 bits per heavy atom. The van der Waals surface area contributed by atoms with Crippen molar-refractivity contribution in [3.05, 3.63) is 52.3 Å². The van der Waals surface area contributed by atoms with Crippen LogP contribution in [0.2, 0.25) is 10.0 Å². The van der Waals surface area contributed by atoms with E-state index in [0.29, 0.717) is 39.7 Å². The predicted octanol–water partition coefficient (Wildman–Crippen LogP) is 6.31. The Balaban J connectivity index is 1.60. The van der Waals surface area contributed by atoms with Gasteiger partial charge in [-0.2, -0.15) is 13.2 Å². The Morgan fingerprint density at radius 3 is 2.71 bits per heavy atom. The third-order valence-corrected chi connectivity index (χ3v) is 6.38. The lowest BCUT2D eigenvalue weighted by Crippen LogP contribution is -2.34. The third kappa shape index (κ3) is 6.39. The standard InChI is InChI=1S/C24H24Cl2F3N3O3/c25-15-9-10-19(17(26)13-15)34-14-21-31-22-18(7-3-8-20(22)35-23(33)24(27,28)29)32(21)12-4-6-16-5-1-2-11-30-16/h3,7-10,13,16,30H,1-2,4-6,11-12,14H2. The van der Waals surface area contributed by atoms with Crippen LogP contribution in [-0.4, -0.2) is 34.3 Å². The molecule has 1 unspecified atom stereocenters. The van der Waals surface area contributed by atoms with Crippen LogP contribution in [0.25, 0.3) is 11.0 Å². The summed E-state index contributed by atoms with van der Waals surface area (Å²) in [5.41, 5.74) is 0.705. The molecule has 35 heavy (non-hydrogen) atoms. The van der Waals surface area contributed by atoms with E-state index in [0.717, 1.165) is 25.8 Å². The first-order valence-electron chi connectivity index (χ1n) is 11.3. The second-order valence-corrected chi connectivity index (χ2v) is 9.19. The number of alkyl halides is 3. The smallest absolute Gasteiger partial charge is 0.484 e. The summed E-state index contributed by atoms with van der Waals surface area (Å²) in [5, 5.41) is 4.30. The largest absolute Gasteiger partial charge is 0.491 e. The molecule has 0 radical (unpaired) electrons. The highest BCUT2D eigenvalue weighted by Crippen LogP contribution is 2.31. The number of nitrogens with one attached hydrogen (secondary N) is 1. The average molecular weight is 530 g/mol. The van der Waals surface area contributed by atoms with Gasteiger partial charge >= 0.3 is 12.1 Å². The van der Waals surface area contributed by atoms with E-state index < -0.39 is 12.1 Å². The van der Waals surface area contributed by atoms with Crippen LogP contribution < -0.4 is 14.8 Å². The van der Waals surface area contributed by atoms with Crippen LogP contribution in [0, 0.1) is 0 Å². The highest BCUT2D eigenvalue weighted by molar-refractivity contribution is 6.35. The van der Waals surface area contributed by atoms with Gasteiger partial charge in [0.1, 0.15) is 23.7 Å². The minimum atomic E-state index is -5.12. The Bertz CT molecular complexity index is 1190. The zero-order valence-corrected chi connectivity index (χ0v) is 20.2. The SMILES string of the molecule is O=C(Oc1cccc2c1nc(COc1ccc(Cl)cc1Cl)n2CCCC1CCCCN1)C(F)(F)F. The fourth-order valence-corrected chi connectivity index (χ4v) is 4.63. The Hall–Kier alpha value is -2.49. The third-order valence-electron chi connectivity index (χ3n) is 5.85. The van der Waals surface area contributed by atoms with Gasteiger partial charge in [0.25, 0.3) is 0 Å². The maximum absolute atomic E-state index is 12.8. The Morgan fingerprint density at radius 1 is 1.17 bits per heavy atom. The summed E-state index contributed by atoms with van der Waals surface area (Å²) < 4.78 is 50.7. The molecule has 6 nitrogen and oxygen atoms in total. The van der Waals surface area contributed by atoms with E-state index in [2.05, 4.69) is 15.0 Å². The number of rotatable bonds is 8. The number of carbonyl (C=O) groups is 1. The number of hydrogen-bond donors (Lipinski definition) is 1. The predicted molar refractivity (Wildman–Crippen MR) is 127 cm³/mol. The normalized spacial score (nSPS) is 16.4. The van der Waals surface area contributed by atoms with Gasteiger partial charge in [0, 0.05) is 17.6 Å². The molecule has 11 heteroatoms. The lowest BCUT2D eigenvalue weighted by molar-refractivity contribution is -0.189. The average Bonchev–Trinajstić information content (AvgIpc) is 3.17. The summed E-state index contributed by atoms with van der Waals surface area (Å²) in [7, 11) is 0. The van der Waals surface area contributed by atoms with Gasteiger partial charge in [0.05, 0.1) is 10.5 Å². The van der Waals surface area contributed by atoms with Gasteiger partial charge in [0.15, 0.2) is 5.75 Å². The number of aromatic nitrogens is 2. The summed E-state index contributed by atoms with van der Waals surface area (Å²) in [5.74, 6) is -1.69. The number of aryl methyl sites for hydroxylation is 1. The number of piperidine rings is 1. The lowest BCUT2D eigenvalue weighted by atomic mass is 10.0. The Kier molecular flexibility index (Phi) is 8.09. The summed E-state index contributed by atoms with van der Waals surface area (Å²) in [6, 6.07) is 9.80. The molecule has 0 amide bonds. The van der Waals surface area contributed by atoms with Crippen LogP contribution in [-0.2, 0) is 17.9 Å². The molecule has 0 spiro atoms. The summed E-state index contributed by atoms with van der Waals surface area (Å²) >= 11 is 12.1. The van der Waals surface area contributed by atoms with Crippen LogP contribution in [0.3, 0.4) is 0 Å². The van der Waals surface area contributed by atoms with Gasteiger partial charge in [-0.05, 0) is 62.6 Å². The minimum absolute atomic E-state index is 0.00433. The lowest BCUT2D eigenvalue weighted by Gasteiger charge is -2.23. The number of ether oxygens (including phenoxy) is 2. The van der Waals surface area contributed by atoms with Gasteiger partial charge < -0.3 is 19.4 Å². The summed E-state index contributed by atoms with van der Waals surface area (Å²) in [6.07, 6.45) is 0.149. The summed E-state index contributed by atoms with van der Waals surface area (Å²) in [6.45, 7) is 1.58. The van der Waals surface area contributed by atoms with Crippen molar-refractivity contribution >= 4 is 40.2 Å². The van der Waals surface area contributed by atoms with E-state index in [4.69, 9.17) is 27.9 Å². The first-order chi connectivity index (χ1) is 16.7. The molecule has 0 saturated carbocycles. The van der Waals surface area contributed by atoms with Crippen LogP contribution in [0.5, 0.6) is 11.5 Å². The monoisotopic (exact) mass is 529 g/mol. The molecule has 1 aliphatic heterocycles. The molecule has 1 atom stereocenters. The highest BCUT2D eigenvalue weighted by atomic mass is 35.5. The number of hydrogen-bond acceptors (Lipinski definition) is 5. The van der Waals surface area contributed by atoms with Gasteiger partial charge in [0.2, 0.25) is 0 Å². The molecule has 0 bridgehead atoms. The van der Waals surface area contributed by atoms with E-state index in [1.807, 2.05) is 4.57 Å². The minimum Gasteiger partial charge on any atom is -0.484 e. The van der Waals surface area contributed by atoms with Crippen LogP contribution in [0.1, 0.15) is 37.9 Å². The molecule has 1 N–H and O–H groups in total. The number of imidazole rings is 1. The van der Waals surface area contributed by atoms with Crippen molar-refractivity contribution < 1.29 is 27.4 Å². The molecule has 1 fully saturated rings. The molecule has 0 aliphatic carbocycles. The van der Waals surface area contributed by atoms with Gasteiger partial charge in [-0.25, -0.2) is 9.78 Å². The number of fused-ring (bicyclic) bond motifs is 1. The number of esters is 1. The summed E-state index contributed by atoms with van der Waals surface area (Å²) in [4.78, 5) is 15.9. The van der Waals surface area contributed by atoms with Crippen LogP contribution >= 0.6 is 23.2 Å². The maximum Gasteiger partial charge on any atom is 0.491 e. The highest BCUT2D eigenvalue weighted by Gasteiger charge is 2.41. The van der Waals surface area contributed by atoms with E-state index >= 15 is 0 Å². The Labute approximate surface area is 210 Å². The molecule has 1 aliphatic rings. The zero-order chi connectivity index (χ0) is 25.0. The number of para-hydroxylation sites is 1. The van der Waals surface area contributed by atoms with Crippen molar-refractivity contribution in [1.29, 1.82) is 0 Å². The zero-order valence-electron chi connectivity index (χ0n) is 18.7. The van der Waals surface area contributed by atoms with Gasteiger partial charge in [-0.3, -0.25) is 0 Å². The first-order valence-corrected chi connectivity index (χ1v) is 12.1. The molecule has 3 aromatic rings. The molecule has 1 aromatic heterocycles. The van der Waals surface area contributed by atoms with E-state index in [1.165, 1.54) is 25.0 Å². The van der Waals surface area contributed by atoms with E-state index in [9.17, 15) is 18.0 Å². The quantitative estimate of drug-likeness (QED) is 0.273. The van der Waals surface area contributed by atoms with Crippen molar-refractivity contribution in [3.8, 4) is 11.5 Å². The molecular formula is C24H24Cl2F3N3O3. The number of benzene rings is 2. The second-order valence-electron chi connectivity index (χ2n) is 8.34. The van der Waals surface area contributed by atoms with Crippen LogP contribution in [0.4, 0.5) is 13.2 Å². The van der Waals surface area contributed by atoms with Crippen molar-refractivity contribution in [2.75, 3.05) is 6.54 Å².